The van der Waals surface area contributed by atoms with Gasteiger partial charge >= 0.3 is 5.97 Å². The van der Waals surface area contributed by atoms with E-state index in [0.717, 1.165) is 11.6 Å². The zero-order valence-corrected chi connectivity index (χ0v) is 13.3. The maximum absolute atomic E-state index is 13.4. The highest BCUT2D eigenvalue weighted by molar-refractivity contribution is 5.96. The van der Waals surface area contributed by atoms with Gasteiger partial charge in [-0.3, -0.25) is 14.4 Å². The molecule has 0 heterocycles. The molecule has 0 spiro atoms. The minimum Gasteiger partial charge on any atom is -0.454 e. The number of ether oxygens (including phenoxy) is 1. The molecule has 0 aliphatic carbocycles. The van der Waals surface area contributed by atoms with E-state index in [1.54, 1.807) is 0 Å². The van der Waals surface area contributed by atoms with E-state index in [1.807, 2.05) is 30.3 Å². The van der Waals surface area contributed by atoms with E-state index >= 15 is 0 Å². The van der Waals surface area contributed by atoms with Crippen molar-refractivity contribution in [3.63, 3.8) is 0 Å². The van der Waals surface area contributed by atoms with Crippen LogP contribution < -0.4 is 10.6 Å². The summed E-state index contributed by atoms with van der Waals surface area (Å²) in [5.41, 5.74) is 0.746. The van der Waals surface area contributed by atoms with E-state index in [9.17, 15) is 18.8 Å². The fourth-order valence-electron chi connectivity index (χ4n) is 1.94. The number of hydrogen-bond donors (Lipinski definition) is 2. The number of hydrogen-bond acceptors (Lipinski definition) is 4. The molecule has 2 rings (SSSR count). The third-order valence-electron chi connectivity index (χ3n) is 3.21. The van der Waals surface area contributed by atoms with E-state index in [-0.39, 0.29) is 5.56 Å². The van der Waals surface area contributed by atoms with Crippen LogP contribution >= 0.6 is 0 Å². The molecule has 0 fully saturated rings. The lowest BCUT2D eigenvalue weighted by Gasteiger charge is -2.08. The molecule has 6 nitrogen and oxygen atoms in total. The van der Waals surface area contributed by atoms with E-state index in [0.29, 0.717) is 6.54 Å². The maximum atomic E-state index is 13.4. The summed E-state index contributed by atoms with van der Waals surface area (Å²) in [6.07, 6.45) is 0. The number of benzene rings is 2. The molecule has 25 heavy (non-hydrogen) atoms. The first kappa shape index (κ1) is 18.1. The van der Waals surface area contributed by atoms with Gasteiger partial charge in [-0.15, -0.1) is 0 Å². The smallest absolute Gasteiger partial charge is 0.325 e. The third-order valence-corrected chi connectivity index (χ3v) is 3.21. The van der Waals surface area contributed by atoms with E-state index < -0.39 is 36.8 Å². The Labute approximate surface area is 144 Å². The van der Waals surface area contributed by atoms with Crippen molar-refractivity contribution in [3.8, 4) is 0 Å². The molecule has 0 aliphatic heterocycles. The van der Waals surface area contributed by atoms with Crippen LogP contribution in [0.15, 0.2) is 54.6 Å². The molecule has 0 saturated carbocycles. The van der Waals surface area contributed by atoms with Gasteiger partial charge in [0, 0.05) is 6.54 Å². The zero-order chi connectivity index (χ0) is 18.1. The van der Waals surface area contributed by atoms with Gasteiger partial charge < -0.3 is 15.4 Å². The molecular formula is C18H17FN2O4. The summed E-state index contributed by atoms with van der Waals surface area (Å²) in [4.78, 5) is 34.9. The van der Waals surface area contributed by atoms with Crippen LogP contribution in [0.25, 0.3) is 0 Å². The van der Waals surface area contributed by atoms with E-state index in [2.05, 4.69) is 10.6 Å². The molecule has 0 unspecified atom stereocenters. The lowest BCUT2D eigenvalue weighted by atomic mass is 10.2. The largest absolute Gasteiger partial charge is 0.454 e. The zero-order valence-electron chi connectivity index (χ0n) is 13.3. The first-order valence-electron chi connectivity index (χ1n) is 7.55. The van der Waals surface area contributed by atoms with Crippen molar-refractivity contribution in [1.29, 1.82) is 0 Å². The Hall–Kier alpha value is -3.22. The lowest BCUT2D eigenvalue weighted by molar-refractivity contribution is -0.147. The Morgan fingerprint density at radius 2 is 1.60 bits per heavy atom. The summed E-state index contributed by atoms with van der Waals surface area (Å²) in [5.74, 6) is -2.67. The van der Waals surface area contributed by atoms with Gasteiger partial charge in [0.15, 0.2) is 6.61 Å². The van der Waals surface area contributed by atoms with Crippen LogP contribution in [0.3, 0.4) is 0 Å². The number of nitrogens with one attached hydrogen (secondary N) is 2. The van der Waals surface area contributed by atoms with Crippen LogP contribution in [-0.2, 0) is 20.9 Å². The van der Waals surface area contributed by atoms with Gasteiger partial charge in [0.25, 0.3) is 11.8 Å². The normalized spacial score (nSPS) is 9.96. The highest BCUT2D eigenvalue weighted by Gasteiger charge is 2.13. The van der Waals surface area contributed by atoms with Crippen molar-refractivity contribution < 1.29 is 23.5 Å². The van der Waals surface area contributed by atoms with Crippen molar-refractivity contribution in [2.75, 3.05) is 13.2 Å². The minimum absolute atomic E-state index is 0.170. The number of esters is 1. The molecule has 2 amide bonds. The fraction of sp³-hybridized carbons (Fsp3) is 0.167. The third kappa shape index (κ3) is 6.06. The van der Waals surface area contributed by atoms with Gasteiger partial charge in [-0.25, -0.2) is 4.39 Å². The van der Waals surface area contributed by atoms with Crippen LogP contribution in [0.2, 0.25) is 0 Å². The van der Waals surface area contributed by atoms with Crippen LogP contribution in [0.1, 0.15) is 15.9 Å². The van der Waals surface area contributed by atoms with Gasteiger partial charge in [0.1, 0.15) is 12.4 Å². The quantitative estimate of drug-likeness (QED) is 0.744. The molecule has 130 valence electrons. The first-order chi connectivity index (χ1) is 12.1. The van der Waals surface area contributed by atoms with Gasteiger partial charge in [0.05, 0.1) is 5.56 Å². The summed E-state index contributed by atoms with van der Waals surface area (Å²) < 4.78 is 18.2. The Morgan fingerprint density at radius 1 is 0.920 bits per heavy atom. The fourth-order valence-corrected chi connectivity index (χ4v) is 1.94. The van der Waals surface area contributed by atoms with Gasteiger partial charge in [0.2, 0.25) is 0 Å². The average Bonchev–Trinajstić information content (AvgIpc) is 2.64. The predicted molar refractivity (Wildman–Crippen MR) is 88.0 cm³/mol. The van der Waals surface area contributed by atoms with Gasteiger partial charge in [-0.05, 0) is 17.7 Å². The second-order valence-corrected chi connectivity index (χ2v) is 5.09. The standard InChI is InChI=1S/C18H17FN2O4/c19-15-9-5-4-8-14(15)18(24)21-11-17(23)25-12-16(22)20-10-13-6-2-1-3-7-13/h1-9H,10-12H2,(H,20,22)(H,21,24). The molecule has 0 bridgehead atoms. The molecule has 0 radical (unpaired) electrons. The number of rotatable bonds is 7. The number of amides is 2. The molecule has 2 aromatic rings. The molecule has 0 aromatic heterocycles. The van der Waals surface area contributed by atoms with Crippen molar-refractivity contribution in [2.45, 2.75) is 6.54 Å². The number of carbonyl (C=O) groups is 3. The molecule has 2 aromatic carbocycles. The summed E-state index contributed by atoms with van der Waals surface area (Å²) in [6.45, 7) is -0.596. The van der Waals surface area contributed by atoms with Crippen molar-refractivity contribution in [1.82, 2.24) is 10.6 Å². The Morgan fingerprint density at radius 3 is 2.32 bits per heavy atom. The van der Waals surface area contributed by atoms with Crippen LogP contribution in [-0.4, -0.2) is 30.9 Å². The molecule has 2 N–H and O–H groups in total. The first-order valence-corrected chi connectivity index (χ1v) is 7.55. The Kier molecular flexibility index (Phi) is 6.65. The molecular weight excluding hydrogens is 327 g/mol. The average molecular weight is 344 g/mol. The van der Waals surface area contributed by atoms with Crippen LogP contribution in [0, 0.1) is 5.82 Å². The SMILES string of the molecule is O=C(COC(=O)CNC(=O)c1ccccc1F)NCc1ccccc1. The second-order valence-electron chi connectivity index (χ2n) is 5.09. The maximum Gasteiger partial charge on any atom is 0.325 e. The van der Waals surface area contributed by atoms with Gasteiger partial charge in [-0.2, -0.15) is 0 Å². The highest BCUT2D eigenvalue weighted by atomic mass is 19.1. The van der Waals surface area contributed by atoms with Gasteiger partial charge in [-0.1, -0.05) is 42.5 Å². The topological polar surface area (TPSA) is 84.5 Å². The summed E-state index contributed by atoms with van der Waals surface area (Å²) in [7, 11) is 0. The molecule has 7 heteroatoms. The lowest BCUT2D eigenvalue weighted by Crippen LogP contribution is -2.34. The minimum atomic E-state index is -0.792. The Balaban J connectivity index is 1.67. The van der Waals surface area contributed by atoms with Crippen molar-refractivity contribution in [3.05, 3.63) is 71.5 Å². The number of halogens is 1. The van der Waals surface area contributed by atoms with Crippen LogP contribution in [0.5, 0.6) is 0 Å². The second kappa shape index (κ2) is 9.17. The molecule has 0 saturated heterocycles. The summed E-state index contributed by atoms with van der Waals surface area (Å²) in [5, 5.41) is 4.84. The van der Waals surface area contributed by atoms with Crippen LogP contribution in [0.4, 0.5) is 4.39 Å². The predicted octanol–water partition coefficient (Wildman–Crippen LogP) is 1.42. The highest BCUT2D eigenvalue weighted by Crippen LogP contribution is 2.05. The van der Waals surface area contributed by atoms with Crippen molar-refractivity contribution >= 4 is 17.8 Å². The molecule has 0 aliphatic rings. The summed E-state index contributed by atoms with van der Waals surface area (Å²) >= 11 is 0. The van der Waals surface area contributed by atoms with E-state index in [1.165, 1.54) is 18.2 Å². The Bertz CT molecular complexity index is 750. The summed E-state index contributed by atoms with van der Waals surface area (Å²) in [6, 6.07) is 14.7. The van der Waals surface area contributed by atoms with Crippen molar-refractivity contribution in [2.24, 2.45) is 0 Å². The monoisotopic (exact) mass is 344 g/mol. The van der Waals surface area contributed by atoms with E-state index in [4.69, 9.17) is 4.74 Å². The number of carbonyl (C=O) groups excluding carboxylic acids is 3. The molecule has 0 atom stereocenters.